The summed E-state index contributed by atoms with van der Waals surface area (Å²) in [6.45, 7) is 5.88. The van der Waals surface area contributed by atoms with Crippen LogP contribution in [-0.2, 0) is 27.3 Å². The van der Waals surface area contributed by atoms with Crippen LogP contribution in [0.4, 0.5) is 0 Å². The fourth-order valence-corrected chi connectivity index (χ4v) is 1.88. The number of rotatable bonds is 7. The van der Waals surface area contributed by atoms with E-state index in [1.54, 1.807) is 18.5 Å². The molecule has 0 aliphatic heterocycles. The van der Waals surface area contributed by atoms with Crippen molar-refractivity contribution < 1.29 is 19.4 Å². The maximum Gasteiger partial charge on any atom is 0.323 e. The van der Waals surface area contributed by atoms with Gasteiger partial charge in [-0.1, -0.05) is 6.92 Å². The molecule has 7 heteroatoms. The standard InChI is InChI=1S/C12H19N3O4/c1-4-12(10(16)17,11(18)19-6-3)7-9-13-8-14-15(9)5-2/h8H,4-7H2,1-3H3,(H,16,17). The third-order valence-electron chi connectivity index (χ3n) is 3.13. The highest BCUT2D eigenvalue weighted by Gasteiger charge is 2.47. The quantitative estimate of drug-likeness (QED) is 0.583. The Balaban J connectivity index is 3.11. The Morgan fingerprint density at radius 2 is 2.11 bits per heavy atom. The Bertz CT molecular complexity index is 458. The molecule has 19 heavy (non-hydrogen) atoms. The number of ether oxygens (including phenoxy) is 1. The number of aryl methyl sites for hydroxylation is 1. The lowest BCUT2D eigenvalue weighted by atomic mass is 9.81. The largest absolute Gasteiger partial charge is 0.480 e. The summed E-state index contributed by atoms with van der Waals surface area (Å²) in [5.41, 5.74) is -1.60. The van der Waals surface area contributed by atoms with Gasteiger partial charge >= 0.3 is 11.9 Å². The summed E-state index contributed by atoms with van der Waals surface area (Å²) in [5.74, 6) is -1.45. The summed E-state index contributed by atoms with van der Waals surface area (Å²) in [5, 5.41) is 13.4. The van der Waals surface area contributed by atoms with E-state index in [2.05, 4.69) is 10.1 Å². The predicted molar refractivity (Wildman–Crippen MR) is 66.4 cm³/mol. The molecule has 1 aromatic rings. The van der Waals surface area contributed by atoms with Crippen molar-refractivity contribution in [3.8, 4) is 0 Å². The predicted octanol–water partition coefficient (Wildman–Crippen LogP) is 0.885. The van der Waals surface area contributed by atoms with Crippen molar-refractivity contribution in [1.29, 1.82) is 0 Å². The van der Waals surface area contributed by atoms with E-state index in [4.69, 9.17) is 4.74 Å². The fraction of sp³-hybridized carbons (Fsp3) is 0.667. The Morgan fingerprint density at radius 1 is 1.42 bits per heavy atom. The number of carbonyl (C=O) groups is 2. The van der Waals surface area contributed by atoms with Crippen molar-refractivity contribution in [2.24, 2.45) is 5.41 Å². The first-order valence-electron chi connectivity index (χ1n) is 6.29. The molecule has 7 nitrogen and oxygen atoms in total. The number of carboxylic acid groups (broad SMARTS) is 1. The van der Waals surface area contributed by atoms with Gasteiger partial charge in [-0.2, -0.15) is 5.10 Å². The molecule has 1 rings (SSSR count). The Labute approximate surface area is 111 Å². The van der Waals surface area contributed by atoms with Gasteiger partial charge < -0.3 is 9.84 Å². The molecule has 0 amide bonds. The number of esters is 1. The van der Waals surface area contributed by atoms with Crippen LogP contribution in [0.2, 0.25) is 0 Å². The Hall–Kier alpha value is -1.92. The normalized spacial score (nSPS) is 13.8. The number of carboxylic acids is 1. The van der Waals surface area contributed by atoms with Crippen LogP contribution >= 0.6 is 0 Å². The van der Waals surface area contributed by atoms with Crippen LogP contribution in [0, 0.1) is 5.41 Å². The molecule has 1 heterocycles. The second-order valence-electron chi connectivity index (χ2n) is 4.13. The van der Waals surface area contributed by atoms with Gasteiger partial charge in [0, 0.05) is 13.0 Å². The smallest absolute Gasteiger partial charge is 0.323 e. The highest BCUT2D eigenvalue weighted by Crippen LogP contribution is 2.29. The molecule has 0 aliphatic rings. The van der Waals surface area contributed by atoms with Crippen LogP contribution in [0.5, 0.6) is 0 Å². The molecule has 0 fully saturated rings. The fourth-order valence-electron chi connectivity index (χ4n) is 1.88. The molecule has 0 aromatic carbocycles. The van der Waals surface area contributed by atoms with Crippen molar-refractivity contribution in [1.82, 2.24) is 14.8 Å². The van der Waals surface area contributed by atoms with Crippen molar-refractivity contribution in [2.75, 3.05) is 6.61 Å². The van der Waals surface area contributed by atoms with Crippen LogP contribution in [0.25, 0.3) is 0 Å². The van der Waals surface area contributed by atoms with Gasteiger partial charge in [-0.25, -0.2) is 4.98 Å². The Morgan fingerprint density at radius 3 is 2.58 bits per heavy atom. The van der Waals surface area contributed by atoms with Crippen LogP contribution < -0.4 is 0 Å². The number of nitrogens with zero attached hydrogens (tertiary/aromatic N) is 3. The molecule has 0 radical (unpaired) electrons. The van der Waals surface area contributed by atoms with Gasteiger partial charge in [-0.3, -0.25) is 14.3 Å². The van der Waals surface area contributed by atoms with Gasteiger partial charge in [0.25, 0.3) is 0 Å². The van der Waals surface area contributed by atoms with Gasteiger partial charge in [0.1, 0.15) is 12.2 Å². The number of hydrogen-bond donors (Lipinski definition) is 1. The average molecular weight is 269 g/mol. The minimum Gasteiger partial charge on any atom is -0.480 e. The molecule has 106 valence electrons. The van der Waals surface area contributed by atoms with E-state index >= 15 is 0 Å². The monoisotopic (exact) mass is 269 g/mol. The van der Waals surface area contributed by atoms with E-state index in [9.17, 15) is 14.7 Å². The lowest BCUT2D eigenvalue weighted by Gasteiger charge is -2.25. The van der Waals surface area contributed by atoms with E-state index in [0.29, 0.717) is 12.4 Å². The first-order chi connectivity index (χ1) is 9.01. The summed E-state index contributed by atoms with van der Waals surface area (Å²) < 4.78 is 6.48. The average Bonchev–Trinajstić information content (AvgIpc) is 2.82. The number of hydrogen-bond acceptors (Lipinski definition) is 5. The summed E-state index contributed by atoms with van der Waals surface area (Å²) in [4.78, 5) is 27.6. The molecule has 1 atom stereocenters. The molecule has 1 N–H and O–H groups in total. The van der Waals surface area contributed by atoms with Gasteiger partial charge in [0.2, 0.25) is 0 Å². The third kappa shape index (κ3) is 2.91. The zero-order valence-corrected chi connectivity index (χ0v) is 11.4. The molecule has 1 unspecified atom stereocenters. The summed E-state index contributed by atoms with van der Waals surface area (Å²) in [7, 11) is 0. The number of aromatic nitrogens is 3. The maximum atomic E-state index is 12.0. The third-order valence-corrected chi connectivity index (χ3v) is 3.13. The van der Waals surface area contributed by atoms with Crippen molar-refractivity contribution in [2.45, 2.75) is 40.2 Å². The minimum absolute atomic E-state index is 0.0223. The summed E-state index contributed by atoms with van der Waals surface area (Å²) in [6.07, 6.45) is 1.47. The lowest BCUT2D eigenvalue weighted by Crippen LogP contribution is -2.43. The zero-order chi connectivity index (χ0) is 14.5. The van der Waals surface area contributed by atoms with E-state index in [0.717, 1.165) is 0 Å². The highest BCUT2D eigenvalue weighted by atomic mass is 16.5. The molecule has 0 spiro atoms. The van der Waals surface area contributed by atoms with Gasteiger partial charge in [-0.15, -0.1) is 0 Å². The van der Waals surface area contributed by atoms with Crippen LogP contribution in [0.15, 0.2) is 6.33 Å². The Kier molecular flexibility index (Phi) is 5.02. The molecular weight excluding hydrogens is 250 g/mol. The van der Waals surface area contributed by atoms with E-state index in [1.807, 2.05) is 6.92 Å². The van der Waals surface area contributed by atoms with Gasteiger partial charge in [0.05, 0.1) is 6.61 Å². The van der Waals surface area contributed by atoms with E-state index < -0.39 is 17.4 Å². The number of aliphatic carboxylic acids is 1. The molecule has 1 aromatic heterocycles. The molecule has 0 saturated heterocycles. The second kappa shape index (κ2) is 6.31. The molecule has 0 bridgehead atoms. The minimum atomic E-state index is -1.60. The molecule has 0 saturated carbocycles. The first kappa shape index (κ1) is 15.1. The van der Waals surface area contributed by atoms with Gasteiger partial charge in [-0.05, 0) is 20.3 Å². The second-order valence-corrected chi connectivity index (χ2v) is 4.13. The summed E-state index contributed by atoms with van der Waals surface area (Å²) in [6, 6.07) is 0. The van der Waals surface area contributed by atoms with Crippen molar-refractivity contribution in [3.63, 3.8) is 0 Å². The molecule has 0 aliphatic carbocycles. The SMILES string of the molecule is CCOC(=O)C(CC)(Cc1ncnn1CC)C(=O)O. The number of carbonyl (C=O) groups excluding carboxylic acids is 1. The van der Waals surface area contributed by atoms with Crippen LogP contribution in [0.1, 0.15) is 33.0 Å². The van der Waals surface area contributed by atoms with Crippen molar-refractivity contribution in [3.05, 3.63) is 12.2 Å². The topological polar surface area (TPSA) is 94.3 Å². The van der Waals surface area contributed by atoms with Gasteiger partial charge in [0.15, 0.2) is 5.41 Å². The summed E-state index contributed by atoms with van der Waals surface area (Å²) >= 11 is 0. The molecular formula is C12H19N3O4. The lowest BCUT2D eigenvalue weighted by molar-refractivity contribution is -0.169. The van der Waals surface area contributed by atoms with E-state index in [-0.39, 0.29) is 19.4 Å². The van der Waals surface area contributed by atoms with Crippen LogP contribution in [-0.4, -0.2) is 38.4 Å². The van der Waals surface area contributed by atoms with Crippen LogP contribution in [0.3, 0.4) is 0 Å². The maximum absolute atomic E-state index is 12.0. The zero-order valence-electron chi connectivity index (χ0n) is 11.4. The van der Waals surface area contributed by atoms with Crippen molar-refractivity contribution >= 4 is 11.9 Å². The van der Waals surface area contributed by atoms with E-state index in [1.165, 1.54) is 6.33 Å². The first-order valence-corrected chi connectivity index (χ1v) is 6.29. The highest BCUT2D eigenvalue weighted by molar-refractivity contribution is 5.99.